The second kappa shape index (κ2) is 12.1. The van der Waals surface area contributed by atoms with Crippen LogP contribution in [-0.4, -0.2) is 30.9 Å². The lowest BCUT2D eigenvalue weighted by Gasteiger charge is -2.27. The maximum Gasteiger partial charge on any atom is 0.237 e. The van der Waals surface area contributed by atoms with Crippen molar-refractivity contribution in [2.45, 2.75) is 51.3 Å². The summed E-state index contributed by atoms with van der Waals surface area (Å²) in [4.78, 5) is 24.6. The van der Waals surface area contributed by atoms with Crippen molar-refractivity contribution in [1.29, 1.82) is 0 Å². The molecule has 0 aliphatic heterocycles. The number of rotatable bonds is 12. The van der Waals surface area contributed by atoms with Crippen molar-refractivity contribution in [2.24, 2.45) is 11.7 Å². The Hall–Kier alpha value is -2.50. The van der Waals surface area contributed by atoms with E-state index in [1.165, 1.54) is 0 Å². The highest BCUT2D eigenvalue weighted by Crippen LogP contribution is 2.21. The van der Waals surface area contributed by atoms with Crippen LogP contribution in [0.15, 0.2) is 60.7 Å². The maximum atomic E-state index is 12.7. The quantitative estimate of drug-likeness (QED) is 0.425. The predicted molar refractivity (Wildman–Crippen MR) is 115 cm³/mol. The molecule has 2 aromatic carbocycles. The average molecular weight is 397 g/mol. The first-order valence-corrected chi connectivity index (χ1v) is 10.2. The molecule has 0 spiro atoms. The van der Waals surface area contributed by atoms with Crippen molar-refractivity contribution < 1.29 is 14.3 Å². The molecule has 3 N–H and O–H groups in total. The number of aldehydes is 1. The first kappa shape index (κ1) is 22.8. The topological polar surface area (TPSA) is 81.4 Å². The molecule has 4 atom stereocenters. The van der Waals surface area contributed by atoms with E-state index in [2.05, 4.69) is 5.32 Å². The summed E-state index contributed by atoms with van der Waals surface area (Å²) in [6.45, 7) is 4.88. The summed E-state index contributed by atoms with van der Waals surface area (Å²) in [5.41, 5.74) is 8.05. The lowest BCUT2D eigenvalue weighted by atomic mass is 9.90. The molecule has 0 heterocycles. The molecule has 156 valence electrons. The molecular weight excluding hydrogens is 364 g/mol. The van der Waals surface area contributed by atoms with E-state index >= 15 is 0 Å². The normalized spacial score (nSPS) is 15.1. The van der Waals surface area contributed by atoms with Crippen molar-refractivity contribution in [1.82, 2.24) is 5.32 Å². The van der Waals surface area contributed by atoms with Gasteiger partial charge in [0.25, 0.3) is 0 Å². The zero-order chi connectivity index (χ0) is 21.1. The highest BCUT2D eigenvalue weighted by atomic mass is 16.5. The van der Waals surface area contributed by atoms with E-state index in [-0.39, 0.29) is 17.9 Å². The summed E-state index contributed by atoms with van der Waals surface area (Å²) in [6, 6.07) is 18.4. The van der Waals surface area contributed by atoms with E-state index in [9.17, 15) is 9.59 Å². The van der Waals surface area contributed by atoms with E-state index in [1.807, 2.05) is 74.5 Å². The summed E-state index contributed by atoms with van der Waals surface area (Å²) in [5.74, 6) is -0.615. The number of amides is 1. The third-order valence-corrected chi connectivity index (χ3v) is 5.34. The Morgan fingerprint density at radius 1 is 1.10 bits per heavy atom. The molecule has 5 nitrogen and oxygen atoms in total. The Morgan fingerprint density at radius 3 is 2.31 bits per heavy atom. The summed E-state index contributed by atoms with van der Waals surface area (Å²) in [6.07, 6.45) is 2.23. The van der Waals surface area contributed by atoms with Gasteiger partial charge in [-0.15, -0.1) is 0 Å². The smallest absolute Gasteiger partial charge is 0.237 e. The molecule has 2 rings (SSSR count). The SMILES string of the molecule is CCC(C)C(N)C(=O)NC(CCOCc1ccccc1)C(C=O)c1ccccc1. The fourth-order valence-electron chi connectivity index (χ4n) is 3.19. The molecule has 0 aromatic heterocycles. The van der Waals surface area contributed by atoms with Crippen molar-refractivity contribution in [3.63, 3.8) is 0 Å². The Bertz CT molecular complexity index is 736. The first-order chi connectivity index (χ1) is 14.1. The summed E-state index contributed by atoms with van der Waals surface area (Å²) < 4.78 is 5.79. The van der Waals surface area contributed by atoms with Crippen molar-refractivity contribution >= 4 is 12.2 Å². The van der Waals surface area contributed by atoms with Crippen molar-refractivity contribution in [3.8, 4) is 0 Å². The fraction of sp³-hybridized carbons (Fsp3) is 0.417. The largest absolute Gasteiger partial charge is 0.377 e. The van der Waals surface area contributed by atoms with Crippen LogP contribution >= 0.6 is 0 Å². The summed E-state index contributed by atoms with van der Waals surface area (Å²) in [7, 11) is 0. The molecule has 0 bridgehead atoms. The molecule has 0 radical (unpaired) electrons. The van der Waals surface area contributed by atoms with Crippen molar-refractivity contribution in [2.75, 3.05) is 6.61 Å². The maximum absolute atomic E-state index is 12.7. The van der Waals surface area contributed by atoms with Gasteiger partial charge in [0.15, 0.2) is 0 Å². The number of hydrogen-bond acceptors (Lipinski definition) is 4. The number of carbonyl (C=O) groups is 2. The number of benzene rings is 2. The third kappa shape index (κ3) is 7.11. The highest BCUT2D eigenvalue weighted by Gasteiger charge is 2.28. The van der Waals surface area contributed by atoms with Gasteiger partial charge in [-0.05, 0) is 23.5 Å². The fourth-order valence-corrected chi connectivity index (χ4v) is 3.19. The van der Waals surface area contributed by atoms with Crippen LogP contribution in [0.1, 0.15) is 43.7 Å². The van der Waals surface area contributed by atoms with Gasteiger partial charge >= 0.3 is 0 Å². The lowest BCUT2D eigenvalue weighted by Crippen LogP contribution is -2.50. The van der Waals surface area contributed by atoms with E-state index in [4.69, 9.17) is 10.5 Å². The molecule has 0 fully saturated rings. The molecule has 4 unspecified atom stereocenters. The predicted octanol–water partition coefficient (Wildman–Crippen LogP) is 3.43. The third-order valence-electron chi connectivity index (χ3n) is 5.34. The monoisotopic (exact) mass is 396 g/mol. The van der Waals surface area contributed by atoms with Crippen LogP contribution in [-0.2, 0) is 20.9 Å². The lowest BCUT2D eigenvalue weighted by molar-refractivity contribution is -0.124. The van der Waals surface area contributed by atoms with Crippen LogP contribution in [0.2, 0.25) is 0 Å². The van der Waals surface area contributed by atoms with Gasteiger partial charge in [-0.3, -0.25) is 4.79 Å². The first-order valence-electron chi connectivity index (χ1n) is 10.2. The minimum absolute atomic E-state index is 0.0661. The molecule has 29 heavy (non-hydrogen) atoms. The molecule has 0 saturated carbocycles. The number of nitrogens with one attached hydrogen (secondary N) is 1. The van der Waals surface area contributed by atoms with Gasteiger partial charge < -0.3 is 20.6 Å². The standard InChI is InChI=1S/C24H32N2O3/c1-3-18(2)23(25)24(28)26-22(21(16-27)20-12-8-5-9-13-20)14-15-29-17-19-10-6-4-7-11-19/h4-13,16,18,21-23H,3,14-15,17,25H2,1-2H3,(H,26,28). The summed E-state index contributed by atoms with van der Waals surface area (Å²) >= 11 is 0. The van der Waals surface area contributed by atoms with Crippen LogP contribution in [0.3, 0.4) is 0 Å². The van der Waals surface area contributed by atoms with Gasteiger partial charge in [0.2, 0.25) is 5.91 Å². The molecule has 0 saturated heterocycles. The average Bonchev–Trinajstić information content (AvgIpc) is 2.77. The van der Waals surface area contributed by atoms with Crippen LogP contribution < -0.4 is 11.1 Å². The number of hydrogen-bond donors (Lipinski definition) is 2. The van der Waals surface area contributed by atoms with Crippen LogP contribution in [0.5, 0.6) is 0 Å². The Labute approximate surface area is 173 Å². The minimum Gasteiger partial charge on any atom is -0.377 e. The molecule has 0 aliphatic rings. The van der Waals surface area contributed by atoms with E-state index in [0.29, 0.717) is 19.6 Å². The van der Waals surface area contributed by atoms with E-state index in [0.717, 1.165) is 23.8 Å². The van der Waals surface area contributed by atoms with Gasteiger partial charge in [0.05, 0.1) is 18.6 Å². The number of ether oxygens (including phenoxy) is 1. The zero-order valence-corrected chi connectivity index (χ0v) is 17.3. The van der Waals surface area contributed by atoms with E-state index < -0.39 is 12.0 Å². The molecule has 2 aromatic rings. The van der Waals surface area contributed by atoms with Gasteiger partial charge in [0, 0.05) is 12.6 Å². The highest BCUT2D eigenvalue weighted by molar-refractivity contribution is 5.82. The van der Waals surface area contributed by atoms with Gasteiger partial charge in [0.1, 0.15) is 6.29 Å². The Kier molecular flexibility index (Phi) is 9.54. The van der Waals surface area contributed by atoms with E-state index in [1.54, 1.807) is 0 Å². The van der Waals surface area contributed by atoms with Crippen LogP contribution in [0, 0.1) is 5.92 Å². The van der Waals surface area contributed by atoms with Crippen LogP contribution in [0.4, 0.5) is 0 Å². The summed E-state index contributed by atoms with van der Waals surface area (Å²) in [5, 5.41) is 3.00. The minimum atomic E-state index is -0.601. The molecule has 1 amide bonds. The molecular formula is C24H32N2O3. The Morgan fingerprint density at radius 2 is 1.72 bits per heavy atom. The second-order valence-corrected chi connectivity index (χ2v) is 7.43. The second-order valence-electron chi connectivity index (χ2n) is 7.43. The molecule has 5 heteroatoms. The van der Waals surface area contributed by atoms with Gasteiger partial charge in [-0.1, -0.05) is 80.9 Å². The number of nitrogens with two attached hydrogens (primary N) is 1. The zero-order valence-electron chi connectivity index (χ0n) is 17.3. The van der Waals surface area contributed by atoms with Gasteiger partial charge in [-0.2, -0.15) is 0 Å². The van der Waals surface area contributed by atoms with Crippen LogP contribution in [0.25, 0.3) is 0 Å². The van der Waals surface area contributed by atoms with Crippen molar-refractivity contribution in [3.05, 3.63) is 71.8 Å². The number of carbonyl (C=O) groups excluding carboxylic acids is 2. The van der Waals surface area contributed by atoms with Gasteiger partial charge in [-0.25, -0.2) is 0 Å². The Balaban J connectivity index is 2.05. The molecule has 0 aliphatic carbocycles.